The number of esters is 1. The first-order valence-corrected chi connectivity index (χ1v) is 10.2. The SMILES string of the molecule is CCc1ccccc1NC(=O)COC(=O)[C@H]1CC(=O)N(NC(=O)c2ccc(Cl)cc2)C1. The summed E-state index contributed by atoms with van der Waals surface area (Å²) in [5.74, 6) is -2.81. The van der Waals surface area contributed by atoms with Crippen LogP contribution < -0.4 is 10.7 Å². The van der Waals surface area contributed by atoms with Crippen molar-refractivity contribution in [2.24, 2.45) is 5.92 Å². The molecule has 1 aliphatic rings. The number of carbonyl (C=O) groups excluding carboxylic acids is 4. The van der Waals surface area contributed by atoms with Gasteiger partial charge in [-0.15, -0.1) is 0 Å². The van der Waals surface area contributed by atoms with Gasteiger partial charge in [-0.1, -0.05) is 36.7 Å². The zero-order valence-electron chi connectivity index (χ0n) is 16.9. The Hall–Kier alpha value is -3.39. The maximum atomic E-state index is 12.3. The van der Waals surface area contributed by atoms with Gasteiger partial charge in [-0.25, -0.2) is 0 Å². The van der Waals surface area contributed by atoms with Crippen molar-refractivity contribution in [2.45, 2.75) is 19.8 Å². The van der Waals surface area contributed by atoms with E-state index in [-0.39, 0.29) is 13.0 Å². The fourth-order valence-corrected chi connectivity index (χ4v) is 3.28. The van der Waals surface area contributed by atoms with Crippen LogP contribution in [0.4, 0.5) is 5.69 Å². The van der Waals surface area contributed by atoms with Gasteiger partial charge in [0.05, 0.1) is 12.5 Å². The number of nitrogens with one attached hydrogen (secondary N) is 2. The van der Waals surface area contributed by atoms with E-state index in [0.717, 1.165) is 17.0 Å². The second kappa shape index (κ2) is 10.1. The number of para-hydroxylation sites is 1. The third-order valence-electron chi connectivity index (χ3n) is 4.82. The topological polar surface area (TPSA) is 105 Å². The maximum absolute atomic E-state index is 12.3. The highest BCUT2D eigenvalue weighted by Crippen LogP contribution is 2.19. The third kappa shape index (κ3) is 5.82. The van der Waals surface area contributed by atoms with Crippen LogP contribution in [-0.2, 0) is 25.5 Å². The molecular weight excluding hydrogens is 422 g/mol. The number of rotatable bonds is 7. The predicted molar refractivity (Wildman–Crippen MR) is 114 cm³/mol. The van der Waals surface area contributed by atoms with Gasteiger partial charge in [-0.2, -0.15) is 0 Å². The molecule has 0 bridgehead atoms. The van der Waals surface area contributed by atoms with Crippen LogP contribution in [0.5, 0.6) is 0 Å². The van der Waals surface area contributed by atoms with E-state index < -0.39 is 36.2 Å². The van der Waals surface area contributed by atoms with E-state index in [0.29, 0.717) is 16.3 Å². The Balaban J connectivity index is 1.49. The molecule has 0 unspecified atom stereocenters. The molecule has 162 valence electrons. The average Bonchev–Trinajstić information content (AvgIpc) is 3.13. The number of amides is 3. The van der Waals surface area contributed by atoms with Crippen molar-refractivity contribution in [3.63, 3.8) is 0 Å². The number of hydrogen-bond acceptors (Lipinski definition) is 5. The fraction of sp³-hybridized carbons (Fsp3) is 0.273. The Morgan fingerprint density at radius 1 is 1.13 bits per heavy atom. The van der Waals surface area contributed by atoms with E-state index in [1.165, 1.54) is 12.1 Å². The molecule has 1 aliphatic heterocycles. The van der Waals surface area contributed by atoms with Crippen LogP contribution >= 0.6 is 11.6 Å². The molecule has 1 fully saturated rings. The number of hydrazine groups is 1. The van der Waals surface area contributed by atoms with E-state index >= 15 is 0 Å². The highest BCUT2D eigenvalue weighted by Gasteiger charge is 2.36. The number of nitrogens with zero attached hydrogens (tertiary/aromatic N) is 1. The Morgan fingerprint density at radius 3 is 2.55 bits per heavy atom. The van der Waals surface area contributed by atoms with Crippen molar-refractivity contribution in [2.75, 3.05) is 18.5 Å². The smallest absolute Gasteiger partial charge is 0.311 e. The average molecular weight is 444 g/mol. The van der Waals surface area contributed by atoms with Crippen molar-refractivity contribution in [3.8, 4) is 0 Å². The monoisotopic (exact) mass is 443 g/mol. The second-order valence-electron chi connectivity index (χ2n) is 7.02. The van der Waals surface area contributed by atoms with Crippen LogP contribution in [0.15, 0.2) is 48.5 Å². The molecule has 1 heterocycles. The lowest BCUT2D eigenvalue weighted by Crippen LogP contribution is -2.43. The summed E-state index contributed by atoms with van der Waals surface area (Å²) in [6.45, 7) is 1.48. The summed E-state index contributed by atoms with van der Waals surface area (Å²) in [4.78, 5) is 48.8. The van der Waals surface area contributed by atoms with Crippen molar-refractivity contribution in [1.82, 2.24) is 10.4 Å². The van der Waals surface area contributed by atoms with E-state index in [9.17, 15) is 19.2 Å². The van der Waals surface area contributed by atoms with Crippen LogP contribution in [-0.4, -0.2) is 41.9 Å². The molecule has 9 heteroatoms. The van der Waals surface area contributed by atoms with Gasteiger partial charge in [0.25, 0.3) is 11.8 Å². The lowest BCUT2D eigenvalue weighted by atomic mass is 10.1. The molecular formula is C22H22ClN3O5. The van der Waals surface area contributed by atoms with E-state index in [1.54, 1.807) is 24.3 Å². The van der Waals surface area contributed by atoms with Crippen LogP contribution in [0.3, 0.4) is 0 Å². The molecule has 1 saturated heterocycles. The van der Waals surface area contributed by atoms with E-state index in [2.05, 4.69) is 10.7 Å². The minimum absolute atomic E-state index is 0.0305. The summed E-state index contributed by atoms with van der Waals surface area (Å²) >= 11 is 5.80. The highest BCUT2D eigenvalue weighted by atomic mass is 35.5. The molecule has 3 amide bonds. The van der Waals surface area contributed by atoms with Gasteiger partial charge in [0.2, 0.25) is 5.91 Å². The van der Waals surface area contributed by atoms with Crippen molar-refractivity contribution < 1.29 is 23.9 Å². The number of hydrogen-bond donors (Lipinski definition) is 2. The van der Waals surface area contributed by atoms with Crippen LogP contribution in [0.2, 0.25) is 5.02 Å². The summed E-state index contributed by atoms with van der Waals surface area (Å²) in [6.07, 6.45) is 0.637. The lowest BCUT2D eigenvalue weighted by Gasteiger charge is -2.17. The third-order valence-corrected chi connectivity index (χ3v) is 5.07. The quantitative estimate of drug-likeness (QED) is 0.640. The number of anilines is 1. The first kappa shape index (κ1) is 22.3. The number of halogens is 1. The summed E-state index contributed by atoms with van der Waals surface area (Å²) in [6, 6.07) is 13.5. The second-order valence-corrected chi connectivity index (χ2v) is 7.46. The zero-order chi connectivity index (χ0) is 22.4. The molecule has 2 aromatic rings. The molecule has 2 N–H and O–H groups in total. The molecule has 0 aliphatic carbocycles. The Bertz CT molecular complexity index is 993. The van der Waals surface area contributed by atoms with Gasteiger partial charge in [0.15, 0.2) is 6.61 Å². The maximum Gasteiger partial charge on any atom is 0.311 e. The van der Waals surface area contributed by atoms with Crippen molar-refractivity contribution in [3.05, 3.63) is 64.7 Å². The van der Waals surface area contributed by atoms with Crippen LogP contribution in [0.1, 0.15) is 29.3 Å². The van der Waals surface area contributed by atoms with Crippen LogP contribution in [0.25, 0.3) is 0 Å². The summed E-state index contributed by atoms with van der Waals surface area (Å²) in [7, 11) is 0. The predicted octanol–water partition coefficient (Wildman–Crippen LogP) is 2.58. The van der Waals surface area contributed by atoms with Gasteiger partial charge in [-0.05, 0) is 42.3 Å². The molecule has 2 aromatic carbocycles. The normalized spacial score (nSPS) is 15.5. The first-order valence-electron chi connectivity index (χ1n) is 9.78. The van der Waals surface area contributed by atoms with Gasteiger partial charge >= 0.3 is 5.97 Å². The lowest BCUT2D eigenvalue weighted by molar-refractivity contribution is -0.151. The minimum Gasteiger partial charge on any atom is -0.455 e. The molecule has 1 atom stereocenters. The Kier molecular flexibility index (Phi) is 7.25. The fourth-order valence-electron chi connectivity index (χ4n) is 3.15. The largest absolute Gasteiger partial charge is 0.455 e. The van der Waals surface area contributed by atoms with Gasteiger partial charge in [-0.3, -0.25) is 29.6 Å². The molecule has 0 radical (unpaired) electrons. The highest BCUT2D eigenvalue weighted by molar-refractivity contribution is 6.30. The number of ether oxygens (including phenoxy) is 1. The van der Waals surface area contributed by atoms with E-state index in [1.807, 2.05) is 19.1 Å². The Morgan fingerprint density at radius 2 is 1.84 bits per heavy atom. The number of aryl methyl sites for hydroxylation is 1. The Labute approximate surface area is 184 Å². The standard InChI is InChI=1S/C22H22ClN3O5/c1-2-14-5-3-4-6-18(14)24-19(27)13-31-22(30)16-11-20(28)26(12-16)25-21(29)15-7-9-17(23)10-8-15/h3-10,16H,2,11-13H2,1H3,(H,24,27)(H,25,29)/t16-/m0/s1. The zero-order valence-corrected chi connectivity index (χ0v) is 17.6. The number of benzene rings is 2. The molecule has 0 saturated carbocycles. The van der Waals surface area contributed by atoms with Gasteiger partial charge < -0.3 is 10.1 Å². The van der Waals surface area contributed by atoms with Crippen molar-refractivity contribution >= 4 is 41.0 Å². The first-order chi connectivity index (χ1) is 14.9. The molecule has 0 spiro atoms. The summed E-state index contributed by atoms with van der Waals surface area (Å²) < 4.78 is 5.08. The minimum atomic E-state index is -0.770. The summed E-state index contributed by atoms with van der Waals surface area (Å²) in [5.41, 5.74) is 4.43. The van der Waals surface area contributed by atoms with Crippen LogP contribution in [0, 0.1) is 5.92 Å². The molecule has 3 rings (SSSR count). The van der Waals surface area contributed by atoms with Crippen molar-refractivity contribution in [1.29, 1.82) is 0 Å². The van der Waals surface area contributed by atoms with Gasteiger partial charge in [0.1, 0.15) is 0 Å². The van der Waals surface area contributed by atoms with Gasteiger partial charge in [0, 0.05) is 22.7 Å². The summed E-state index contributed by atoms with van der Waals surface area (Å²) in [5, 5.41) is 4.28. The number of carbonyl (C=O) groups is 4. The van der Waals surface area contributed by atoms with E-state index in [4.69, 9.17) is 16.3 Å². The molecule has 0 aromatic heterocycles. The molecule has 8 nitrogen and oxygen atoms in total. The molecule has 31 heavy (non-hydrogen) atoms.